The zero-order chi connectivity index (χ0) is 41.7. The van der Waals surface area contributed by atoms with Crippen molar-refractivity contribution in [3.05, 3.63) is 237 Å². The van der Waals surface area contributed by atoms with Crippen molar-refractivity contribution < 1.29 is 4.42 Å². The van der Waals surface area contributed by atoms with Crippen LogP contribution >= 0.6 is 0 Å². The van der Waals surface area contributed by atoms with Crippen LogP contribution < -0.4 is 4.90 Å². The lowest BCUT2D eigenvalue weighted by Gasteiger charge is -2.26. The average Bonchev–Trinajstić information content (AvgIpc) is 3.91. The van der Waals surface area contributed by atoms with Gasteiger partial charge in [0.05, 0.1) is 11.0 Å². The van der Waals surface area contributed by atoms with Crippen molar-refractivity contribution in [2.24, 2.45) is 0 Å². The van der Waals surface area contributed by atoms with Crippen molar-refractivity contribution in [2.45, 2.75) is 0 Å². The predicted octanol–water partition coefficient (Wildman–Crippen LogP) is 16.2. The summed E-state index contributed by atoms with van der Waals surface area (Å²) in [6.07, 6.45) is 3.71. The van der Waals surface area contributed by atoms with Crippen LogP contribution in [0, 0.1) is 0 Å². The highest BCUT2D eigenvalue weighted by Gasteiger charge is 2.19. The van der Waals surface area contributed by atoms with Crippen LogP contribution in [-0.2, 0) is 0 Å². The largest absolute Gasteiger partial charge is 0.456 e. The number of rotatable bonds is 8. The molecule has 12 rings (SSSR count). The molecule has 0 saturated heterocycles. The molecular weight excluding hydrogens is 767 g/mol. The second-order valence-corrected chi connectivity index (χ2v) is 16.0. The van der Waals surface area contributed by atoms with Gasteiger partial charge < -0.3 is 13.9 Å². The molecule has 0 atom stereocenters. The Morgan fingerprint density at radius 1 is 0.349 bits per heavy atom. The number of anilines is 3. The first-order valence-electron chi connectivity index (χ1n) is 21.3. The Balaban J connectivity index is 0.934. The predicted molar refractivity (Wildman–Crippen MR) is 262 cm³/mol. The van der Waals surface area contributed by atoms with Gasteiger partial charge in [0.25, 0.3) is 0 Å². The molecule has 0 spiro atoms. The normalized spacial score (nSPS) is 11.5. The number of fused-ring (bicyclic) bond motifs is 6. The van der Waals surface area contributed by atoms with E-state index in [1.807, 2.05) is 24.5 Å². The Bertz CT molecular complexity index is 3570. The second-order valence-electron chi connectivity index (χ2n) is 16.0. The number of aromatic nitrogens is 2. The Hall–Kier alpha value is -8.47. The van der Waals surface area contributed by atoms with Gasteiger partial charge in [-0.2, -0.15) is 0 Å². The second kappa shape index (κ2) is 15.2. The van der Waals surface area contributed by atoms with Crippen molar-refractivity contribution in [2.75, 3.05) is 4.90 Å². The van der Waals surface area contributed by atoms with E-state index in [4.69, 9.17) is 4.42 Å². The number of nitrogens with zero attached hydrogens (tertiary/aromatic N) is 3. The van der Waals surface area contributed by atoms with Gasteiger partial charge in [0, 0.05) is 56.7 Å². The van der Waals surface area contributed by atoms with Crippen LogP contribution in [0.2, 0.25) is 0 Å². The maximum Gasteiger partial charge on any atom is 0.135 e. The molecule has 0 aliphatic carbocycles. The van der Waals surface area contributed by atoms with Gasteiger partial charge in [-0.15, -0.1) is 0 Å². The molecule has 9 aromatic carbocycles. The number of furan rings is 1. The Labute approximate surface area is 365 Å². The molecule has 4 nitrogen and oxygen atoms in total. The third-order valence-corrected chi connectivity index (χ3v) is 12.3. The minimum atomic E-state index is 0.879. The quantitative estimate of drug-likeness (QED) is 0.153. The van der Waals surface area contributed by atoms with E-state index < -0.39 is 0 Å². The topological polar surface area (TPSA) is 34.2 Å². The monoisotopic (exact) mass is 805 g/mol. The minimum Gasteiger partial charge on any atom is -0.456 e. The molecular formula is C59H39N3O. The van der Waals surface area contributed by atoms with Gasteiger partial charge >= 0.3 is 0 Å². The van der Waals surface area contributed by atoms with E-state index in [2.05, 4.69) is 227 Å². The summed E-state index contributed by atoms with van der Waals surface area (Å²) in [5, 5.41) is 4.68. The molecule has 0 saturated carbocycles. The van der Waals surface area contributed by atoms with Gasteiger partial charge in [0.2, 0.25) is 0 Å². The average molecular weight is 806 g/mol. The minimum absolute atomic E-state index is 0.879. The molecule has 0 aliphatic heterocycles. The van der Waals surface area contributed by atoms with Crippen molar-refractivity contribution in [3.63, 3.8) is 0 Å². The molecule has 3 heterocycles. The number of benzene rings is 9. The number of pyridine rings is 1. The summed E-state index contributed by atoms with van der Waals surface area (Å²) in [6, 6.07) is 80.4. The van der Waals surface area contributed by atoms with Gasteiger partial charge in [-0.1, -0.05) is 140 Å². The standard InChI is InChI=1S/C59H39N3O/c1-3-10-40(11-4-1)41-18-25-47(26-19-41)61(50-31-33-58-54(39-50)52-14-7-8-17-57(52)63-58)48-27-20-42(21-28-48)43-22-29-49(30-23-43)62-55-16-9-15-51(45-12-5-2-6-13-45)59(55)53-32-24-46(38-56(53)62)44-34-36-60-37-35-44/h1-39H. The molecule has 0 N–H and O–H groups in total. The smallest absolute Gasteiger partial charge is 0.135 e. The van der Waals surface area contributed by atoms with E-state index in [9.17, 15) is 0 Å². The van der Waals surface area contributed by atoms with Crippen LogP contribution in [-0.4, -0.2) is 9.55 Å². The molecule has 0 amide bonds. The lowest BCUT2D eigenvalue weighted by atomic mass is 9.98. The highest BCUT2D eigenvalue weighted by Crippen LogP contribution is 2.42. The summed E-state index contributed by atoms with van der Waals surface area (Å²) >= 11 is 0. The highest BCUT2D eigenvalue weighted by molar-refractivity contribution is 6.16. The molecule has 63 heavy (non-hydrogen) atoms. The lowest BCUT2D eigenvalue weighted by molar-refractivity contribution is 0.669. The van der Waals surface area contributed by atoms with E-state index in [0.717, 1.165) is 66.9 Å². The van der Waals surface area contributed by atoms with E-state index in [1.165, 1.54) is 44.1 Å². The molecule has 12 aromatic rings. The Kier molecular flexibility index (Phi) is 8.79. The lowest BCUT2D eigenvalue weighted by Crippen LogP contribution is -2.09. The summed E-state index contributed by atoms with van der Waals surface area (Å²) in [6.45, 7) is 0. The van der Waals surface area contributed by atoms with Gasteiger partial charge in [0.1, 0.15) is 11.2 Å². The summed E-state index contributed by atoms with van der Waals surface area (Å²) < 4.78 is 8.64. The first-order valence-corrected chi connectivity index (χ1v) is 21.3. The third kappa shape index (κ3) is 6.44. The van der Waals surface area contributed by atoms with Crippen LogP contribution in [0.15, 0.2) is 241 Å². The third-order valence-electron chi connectivity index (χ3n) is 12.3. The van der Waals surface area contributed by atoms with E-state index in [-0.39, 0.29) is 0 Å². The summed E-state index contributed by atoms with van der Waals surface area (Å²) in [4.78, 5) is 6.60. The van der Waals surface area contributed by atoms with Gasteiger partial charge in [-0.05, 0) is 129 Å². The van der Waals surface area contributed by atoms with Crippen molar-refractivity contribution >= 4 is 60.8 Å². The fraction of sp³-hybridized carbons (Fsp3) is 0. The van der Waals surface area contributed by atoms with Gasteiger partial charge in [-0.25, -0.2) is 0 Å². The molecule has 0 bridgehead atoms. The molecule has 0 fully saturated rings. The Morgan fingerprint density at radius 2 is 0.905 bits per heavy atom. The molecule has 0 aliphatic rings. The zero-order valence-corrected chi connectivity index (χ0v) is 34.3. The van der Waals surface area contributed by atoms with Crippen LogP contribution in [0.3, 0.4) is 0 Å². The molecule has 296 valence electrons. The van der Waals surface area contributed by atoms with Crippen LogP contribution in [0.25, 0.3) is 93.9 Å². The summed E-state index contributed by atoms with van der Waals surface area (Å²) in [5.41, 5.74) is 17.8. The maximum atomic E-state index is 6.23. The van der Waals surface area contributed by atoms with E-state index in [0.29, 0.717) is 0 Å². The molecule has 3 aromatic heterocycles. The van der Waals surface area contributed by atoms with Gasteiger partial charge in [-0.3, -0.25) is 4.98 Å². The Morgan fingerprint density at radius 3 is 1.60 bits per heavy atom. The molecule has 0 unspecified atom stereocenters. The zero-order valence-electron chi connectivity index (χ0n) is 34.3. The number of para-hydroxylation sites is 1. The molecule has 0 radical (unpaired) electrons. The summed E-state index contributed by atoms with van der Waals surface area (Å²) in [7, 11) is 0. The van der Waals surface area contributed by atoms with Crippen LogP contribution in [0.1, 0.15) is 0 Å². The first kappa shape index (κ1) is 36.4. The van der Waals surface area contributed by atoms with Crippen molar-refractivity contribution in [3.8, 4) is 50.2 Å². The van der Waals surface area contributed by atoms with Crippen LogP contribution in [0.4, 0.5) is 17.1 Å². The fourth-order valence-electron chi connectivity index (χ4n) is 9.27. The van der Waals surface area contributed by atoms with Crippen LogP contribution in [0.5, 0.6) is 0 Å². The fourth-order valence-corrected chi connectivity index (χ4v) is 9.27. The van der Waals surface area contributed by atoms with Crippen molar-refractivity contribution in [1.82, 2.24) is 9.55 Å². The molecule has 4 heteroatoms. The maximum absolute atomic E-state index is 6.23. The summed E-state index contributed by atoms with van der Waals surface area (Å²) in [5.74, 6) is 0. The first-order chi connectivity index (χ1) is 31.2. The number of hydrogen-bond donors (Lipinski definition) is 0. The number of hydrogen-bond acceptors (Lipinski definition) is 3. The SMILES string of the molecule is c1ccc(-c2ccc(N(c3ccc(-c4ccc(-n5c6cc(-c7ccncc7)ccc6c6c(-c7ccccc7)cccc65)cc4)cc3)c3ccc4oc5ccccc5c4c3)cc2)cc1. The highest BCUT2D eigenvalue weighted by atomic mass is 16.3. The van der Waals surface area contributed by atoms with Crippen molar-refractivity contribution in [1.29, 1.82) is 0 Å². The van der Waals surface area contributed by atoms with Gasteiger partial charge in [0.15, 0.2) is 0 Å². The van der Waals surface area contributed by atoms with E-state index >= 15 is 0 Å². The van der Waals surface area contributed by atoms with E-state index in [1.54, 1.807) is 0 Å².